The number of hydrogen-bond acceptors (Lipinski definition) is 5. The lowest BCUT2D eigenvalue weighted by Crippen LogP contribution is -2.45. The number of Topliss-reactive ketones (excluding diaryl/α,β-unsaturated/α-hetero) is 1. The van der Waals surface area contributed by atoms with Gasteiger partial charge in [0.15, 0.2) is 5.78 Å². The van der Waals surface area contributed by atoms with Gasteiger partial charge in [-0.3, -0.25) is 9.69 Å². The monoisotopic (exact) mass is 517 g/mol. The normalized spacial score (nSPS) is 17.6. The highest BCUT2D eigenvalue weighted by atomic mass is 32.2. The maximum Gasteiger partial charge on any atom is 0.243 e. The summed E-state index contributed by atoms with van der Waals surface area (Å²) < 4.78 is 27.3. The molecular formula is C30H35N3O3S. The molecule has 3 aromatic carbocycles. The van der Waals surface area contributed by atoms with Crippen LogP contribution in [-0.2, 0) is 23.0 Å². The van der Waals surface area contributed by atoms with E-state index in [1.807, 2.05) is 30.3 Å². The summed E-state index contributed by atoms with van der Waals surface area (Å²) in [4.78, 5) is 18.1. The Morgan fingerprint density at radius 1 is 0.676 bits per heavy atom. The molecule has 7 heteroatoms. The van der Waals surface area contributed by atoms with E-state index in [1.165, 1.54) is 11.3 Å². The molecule has 6 nitrogen and oxygen atoms in total. The maximum atomic E-state index is 12.9. The first kappa shape index (κ1) is 25.6. The molecule has 0 radical (unpaired) electrons. The van der Waals surface area contributed by atoms with Gasteiger partial charge >= 0.3 is 0 Å². The van der Waals surface area contributed by atoms with Gasteiger partial charge in [0.1, 0.15) is 0 Å². The van der Waals surface area contributed by atoms with Gasteiger partial charge in [-0.25, -0.2) is 8.42 Å². The number of carbonyl (C=O) groups excluding carboxylic acids is 1. The number of nitrogens with zero attached hydrogens (tertiary/aromatic N) is 3. The molecule has 0 atom stereocenters. The molecule has 194 valence electrons. The molecule has 0 amide bonds. The van der Waals surface area contributed by atoms with E-state index >= 15 is 0 Å². The molecule has 2 aliphatic rings. The summed E-state index contributed by atoms with van der Waals surface area (Å²) in [6.07, 6.45) is 3.16. The van der Waals surface area contributed by atoms with Gasteiger partial charge in [-0.15, -0.1) is 0 Å². The summed E-state index contributed by atoms with van der Waals surface area (Å²) in [5.41, 5.74) is 3.99. The minimum absolute atomic E-state index is 0.0367. The van der Waals surface area contributed by atoms with Gasteiger partial charge in [-0.2, -0.15) is 4.31 Å². The van der Waals surface area contributed by atoms with Crippen molar-refractivity contribution in [2.75, 3.05) is 44.2 Å². The van der Waals surface area contributed by atoms with Crippen LogP contribution in [0.3, 0.4) is 0 Å². The summed E-state index contributed by atoms with van der Waals surface area (Å²) in [5, 5.41) is 0. The average molecular weight is 518 g/mol. The van der Waals surface area contributed by atoms with E-state index in [4.69, 9.17) is 0 Å². The summed E-state index contributed by atoms with van der Waals surface area (Å²) in [6.45, 7) is 6.10. The second kappa shape index (κ2) is 11.6. The Balaban J connectivity index is 1.13. The zero-order chi connectivity index (χ0) is 25.7. The molecule has 0 spiro atoms. The minimum atomic E-state index is -3.45. The van der Waals surface area contributed by atoms with E-state index in [1.54, 1.807) is 28.6 Å². The molecule has 3 aromatic rings. The van der Waals surface area contributed by atoms with E-state index in [9.17, 15) is 13.2 Å². The minimum Gasteiger partial charge on any atom is -0.369 e. The molecule has 2 aliphatic heterocycles. The number of hydrogen-bond donors (Lipinski definition) is 0. The molecule has 2 saturated heterocycles. The van der Waals surface area contributed by atoms with Crippen LogP contribution in [0.15, 0.2) is 83.8 Å². The Morgan fingerprint density at radius 3 is 1.95 bits per heavy atom. The Hall–Kier alpha value is -3.00. The lowest BCUT2D eigenvalue weighted by atomic mass is 10.0. The van der Waals surface area contributed by atoms with Crippen LogP contribution in [0, 0.1) is 0 Å². The van der Waals surface area contributed by atoms with Crippen molar-refractivity contribution in [2.24, 2.45) is 0 Å². The molecular weight excluding hydrogens is 482 g/mol. The molecule has 0 bridgehead atoms. The van der Waals surface area contributed by atoms with Crippen molar-refractivity contribution >= 4 is 21.5 Å². The molecule has 5 rings (SSSR count). The number of sulfonamides is 1. The van der Waals surface area contributed by atoms with Crippen molar-refractivity contribution in [3.63, 3.8) is 0 Å². The zero-order valence-corrected chi connectivity index (χ0v) is 22.1. The first-order valence-electron chi connectivity index (χ1n) is 13.2. The predicted octanol–water partition coefficient (Wildman–Crippen LogP) is 4.61. The standard InChI is InChI=1S/C30H35N3O3S/c34-30(23-25-11-15-29(16-12-25)37(35,36)33-17-5-2-6-18-33)27-13-9-26(10-14-27)24-31-19-21-32(22-20-31)28-7-3-1-4-8-28/h1,3-4,7-16H,2,5-6,17-24H2. The lowest BCUT2D eigenvalue weighted by molar-refractivity contribution is 0.0993. The number of rotatable bonds is 8. The summed E-state index contributed by atoms with van der Waals surface area (Å²) in [6, 6.07) is 25.2. The number of para-hydroxylation sites is 1. The number of anilines is 1. The van der Waals surface area contributed by atoms with Gasteiger partial charge in [0.05, 0.1) is 4.90 Å². The van der Waals surface area contributed by atoms with Crippen LogP contribution in [-0.4, -0.2) is 62.7 Å². The van der Waals surface area contributed by atoms with Gasteiger partial charge < -0.3 is 4.90 Å². The molecule has 0 saturated carbocycles. The van der Waals surface area contributed by atoms with Gasteiger partial charge in [0.25, 0.3) is 0 Å². The zero-order valence-electron chi connectivity index (χ0n) is 21.3. The van der Waals surface area contributed by atoms with E-state index in [0.29, 0.717) is 23.5 Å². The maximum absolute atomic E-state index is 12.9. The smallest absolute Gasteiger partial charge is 0.243 e. The highest BCUT2D eigenvalue weighted by Crippen LogP contribution is 2.22. The van der Waals surface area contributed by atoms with E-state index in [2.05, 4.69) is 34.1 Å². The van der Waals surface area contributed by atoms with E-state index in [0.717, 1.165) is 57.5 Å². The Morgan fingerprint density at radius 2 is 1.30 bits per heavy atom. The number of benzene rings is 3. The van der Waals surface area contributed by atoms with Crippen LogP contribution in [0.5, 0.6) is 0 Å². The van der Waals surface area contributed by atoms with Crippen molar-refractivity contribution in [1.29, 1.82) is 0 Å². The predicted molar refractivity (Wildman–Crippen MR) is 147 cm³/mol. The molecule has 37 heavy (non-hydrogen) atoms. The number of carbonyl (C=O) groups is 1. The average Bonchev–Trinajstić information content (AvgIpc) is 2.95. The van der Waals surface area contributed by atoms with Gasteiger partial charge in [0, 0.05) is 63.5 Å². The number of ketones is 1. The Kier molecular flexibility index (Phi) is 8.03. The topological polar surface area (TPSA) is 60.9 Å². The van der Waals surface area contributed by atoms with Crippen LogP contribution < -0.4 is 4.90 Å². The molecule has 0 unspecified atom stereocenters. The first-order valence-corrected chi connectivity index (χ1v) is 14.7. The fourth-order valence-corrected chi connectivity index (χ4v) is 6.70. The van der Waals surface area contributed by atoms with Crippen molar-refractivity contribution in [3.05, 3.63) is 95.6 Å². The summed E-state index contributed by atoms with van der Waals surface area (Å²) in [7, 11) is -3.45. The van der Waals surface area contributed by atoms with Crippen molar-refractivity contribution < 1.29 is 13.2 Å². The second-order valence-electron chi connectivity index (χ2n) is 10.0. The SMILES string of the molecule is O=C(Cc1ccc(S(=O)(=O)N2CCCCC2)cc1)c1ccc(CN2CCN(c3ccccc3)CC2)cc1. The third kappa shape index (κ3) is 6.29. The van der Waals surface area contributed by atoms with Gasteiger partial charge in [-0.05, 0) is 48.2 Å². The third-order valence-corrected chi connectivity index (χ3v) is 9.33. The Labute approximate surface area is 220 Å². The van der Waals surface area contributed by atoms with Crippen molar-refractivity contribution in [1.82, 2.24) is 9.21 Å². The van der Waals surface area contributed by atoms with E-state index in [-0.39, 0.29) is 12.2 Å². The van der Waals surface area contributed by atoms with E-state index < -0.39 is 10.0 Å². The molecule has 2 heterocycles. The quantitative estimate of drug-likeness (QED) is 0.409. The van der Waals surface area contributed by atoms with Crippen LogP contribution >= 0.6 is 0 Å². The van der Waals surface area contributed by atoms with Gasteiger partial charge in [-0.1, -0.05) is 61.0 Å². The van der Waals surface area contributed by atoms with Crippen LogP contribution in [0.1, 0.15) is 40.7 Å². The largest absolute Gasteiger partial charge is 0.369 e. The third-order valence-electron chi connectivity index (χ3n) is 7.42. The van der Waals surface area contributed by atoms with Gasteiger partial charge in [0.2, 0.25) is 10.0 Å². The first-order chi connectivity index (χ1) is 18.0. The van der Waals surface area contributed by atoms with Crippen LogP contribution in [0.25, 0.3) is 0 Å². The number of piperazine rings is 1. The molecule has 2 fully saturated rings. The fourth-order valence-electron chi connectivity index (χ4n) is 5.18. The van der Waals surface area contributed by atoms with Crippen LogP contribution in [0.2, 0.25) is 0 Å². The van der Waals surface area contributed by atoms with Crippen LogP contribution in [0.4, 0.5) is 5.69 Å². The van der Waals surface area contributed by atoms with Crippen molar-refractivity contribution in [2.45, 2.75) is 37.1 Å². The lowest BCUT2D eigenvalue weighted by Gasteiger charge is -2.36. The molecule has 0 aliphatic carbocycles. The fraction of sp³-hybridized carbons (Fsp3) is 0.367. The summed E-state index contributed by atoms with van der Waals surface area (Å²) in [5.74, 6) is 0.0367. The molecule has 0 aromatic heterocycles. The highest BCUT2D eigenvalue weighted by molar-refractivity contribution is 7.89. The second-order valence-corrected chi connectivity index (χ2v) is 11.9. The number of piperidine rings is 1. The summed E-state index contributed by atoms with van der Waals surface area (Å²) >= 11 is 0. The Bertz CT molecular complexity index is 1280. The molecule has 0 N–H and O–H groups in total. The van der Waals surface area contributed by atoms with Crippen molar-refractivity contribution in [3.8, 4) is 0 Å². The highest BCUT2D eigenvalue weighted by Gasteiger charge is 2.25.